The van der Waals surface area contributed by atoms with Crippen LogP contribution in [0.4, 0.5) is 0 Å². The summed E-state index contributed by atoms with van der Waals surface area (Å²) in [5, 5.41) is 2.24. The summed E-state index contributed by atoms with van der Waals surface area (Å²) in [6.07, 6.45) is 0. The molecule has 2 aromatic carbocycles. The van der Waals surface area contributed by atoms with Gasteiger partial charge >= 0.3 is 0 Å². The average molecular weight is 274 g/mol. The number of halogens is 3. The Labute approximate surface area is 111 Å². The van der Waals surface area contributed by atoms with Gasteiger partial charge in [0.15, 0.2) is 0 Å². The van der Waals surface area contributed by atoms with E-state index in [2.05, 4.69) is 0 Å². The average Bonchev–Trinajstić information content (AvgIpc) is 2.28. The van der Waals surface area contributed by atoms with Crippen molar-refractivity contribution < 1.29 is 0 Å². The topological polar surface area (TPSA) is 0 Å². The van der Waals surface area contributed by atoms with E-state index < -0.39 is 0 Å². The molecule has 0 atom stereocenters. The maximum Gasteiger partial charge on any atom is 0.0450 e. The number of hydrogen-bond acceptors (Lipinski definition) is 0. The molecule has 2 rings (SSSR count). The summed E-state index contributed by atoms with van der Waals surface area (Å²) in [5.41, 5.74) is 0.945. The van der Waals surface area contributed by atoms with Crippen LogP contribution in [-0.4, -0.2) is 0 Å². The zero-order valence-electron chi connectivity index (χ0n) is 8.75. The largest absolute Gasteiger partial charge is 0.0843 e. The molecule has 0 aliphatic carbocycles. The first-order valence-electron chi connectivity index (χ1n) is 4.72. The van der Waals surface area contributed by atoms with E-state index in [0.717, 1.165) is 20.6 Å². The molecule has 0 saturated carbocycles. The maximum atomic E-state index is 5.73. The lowest BCUT2D eigenvalue weighted by Crippen LogP contribution is -1.73. The fraction of sp³-hybridized carbons (Fsp3) is 0.0769. The van der Waals surface area contributed by atoms with Crippen LogP contribution in [0.3, 0.4) is 0 Å². The Morgan fingerprint density at radius 3 is 1.50 bits per heavy atom. The van der Waals surface area contributed by atoms with Crippen LogP contribution in [0.2, 0.25) is 15.1 Å². The van der Waals surface area contributed by atoms with E-state index >= 15 is 0 Å². The Balaban J connectivity index is 0.000000165. The van der Waals surface area contributed by atoms with E-state index in [9.17, 15) is 0 Å². The van der Waals surface area contributed by atoms with E-state index in [0.29, 0.717) is 0 Å². The van der Waals surface area contributed by atoms with Crippen molar-refractivity contribution in [2.45, 2.75) is 6.92 Å². The Hall–Kier alpha value is -0.690. The van der Waals surface area contributed by atoms with Crippen molar-refractivity contribution in [3.8, 4) is 0 Å². The summed E-state index contributed by atoms with van der Waals surface area (Å²) in [7, 11) is 0. The first-order valence-corrected chi connectivity index (χ1v) is 5.86. The van der Waals surface area contributed by atoms with Gasteiger partial charge in [0.2, 0.25) is 0 Å². The van der Waals surface area contributed by atoms with Gasteiger partial charge in [-0.1, -0.05) is 59.1 Å². The molecule has 2 aromatic rings. The molecule has 0 heterocycles. The predicted octanol–water partition coefficient (Wildman–Crippen LogP) is 5.64. The Morgan fingerprint density at radius 1 is 0.688 bits per heavy atom. The van der Waals surface area contributed by atoms with Gasteiger partial charge in [-0.15, -0.1) is 0 Å². The first kappa shape index (κ1) is 13.4. The van der Waals surface area contributed by atoms with E-state index in [1.54, 1.807) is 0 Å². The first-order chi connectivity index (χ1) is 7.61. The second kappa shape index (κ2) is 6.80. The quantitative estimate of drug-likeness (QED) is 0.582. The van der Waals surface area contributed by atoms with Crippen LogP contribution in [0.5, 0.6) is 0 Å². The van der Waals surface area contributed by atoms with Crippen LogP contribution in [0.25, 0.3) is 0 Å². The minimum absolute atomic E-state index is 0.725. The van der Waals surface area contributed by atoms with Crippen molar-refractivity contribution >= 4 is 34.8 Å². The van der Waals surface area contributed by atoms with Crippen LogP contribution in [0.15, 0.2) is 48.5 Å². The lowest BCUT2D eigenvalue weighted by atomic mass is 10.2. The van der Waals surface area contributed by atoms with Gasteiger partial charge in [-0.2, -0.15) is 0 Å². The van der Waals surface area contributed by atoms with Gasteiger partial charge in [0.1, 0.15) is 0 Å². The summed E-state index contributed by atoms with van der Waals surface area (Å²) in [6.45, 7) is 1.89. The molecular formula is C13H11Cl3. The molecule has 0 spiro atoms. The van der Waals surface area contributed by atoms with Crippen LogP contribution in [0, 0.1) is 6.92 Å². The van der Waals surface area contributed by atoms with Gasteiger partial charge < -0.3 is 0 Å². The SMILES string of the molecule is Cc1c(Cl)cccc1Cl.Clc1ccccc1. The Bertz CT molecular complexity index is 418. The zero-order valence-corrected chi connectivity index (χ0v) is 11.0. The monoisotopic (exact) mass is 272 g/mol. The van der Waals surface area contributed by atoms with Gasteiger partial charge in [0.25, 0.3) is 0 Å². The lowest BCUT2D eigenvalue weighted by molar-refractivity contribution is 1.47. The van der Waals surface area contributed by atoms with Crippen LogP contribution in [0.1, 0.15) is 5.56 Å². The maximum absolute atomic E-state index is 5.73. The minimum Gasteiger partial charge on any atom is -0.0843 e. The van der Waals surface area contributed by atoms with Gasteiger partial charge in [-0.25, -0.2) is 0 Å². The molecule has 0 bridgehead atoms. The molecule has 0 N–H and O–H groups in total. The van der Waals surface area contributed by atoms with Gasteiger partial charge in [-0.3, -0.25) is 0 Å². The van der Waals surface area contributed by atoms with Crippen molar-refractivity contribution in [1.82, 2.24) is 0 Å². The number of benzene rings is 2. The van der Waals surface area contributed by atoms with E-state index in [1.807, 2.05) is 55.5 Å². The Kier molecular flexibility index (Phi) is 5.68. The molecule has 16 heavy (non-hydrogen) atoms. The standard InChI is InChI=1S/C7H6Cl2.C6H5Cl/c1-5-6(8)3-2-4-7(5)9;7-6-4-2-1-3-5-6/h2-4H,1H3;1-5H. The molecule has 0 aromatic heterocycles. The number of rotatable bonds is 0. The molecule has 84 valence electrons. The van der Waals surface area contributed by atoms with Gasteiger partial charge in [0, 0.05) is 15.1 Å². The third-order valence-corrected chi connectivity index (χ3v) is 3.01. The second-order valence-electron chi connectivity index (χ2n) is 3.14. The molecule has 0 nitrogen and oxygen atoms in total. The highest BCUT2D eigenvalue weighted by atomic mass is 35.5. The van der Waals surface area contributed by atoms with Crippen LogP contribution < -0.4 is 0 Å². The van der Waals surface area contributed by atoms with Crippen molar-refractivity contribution in [3.63, 3.8) is 0 Å². The fourth-order valence-electron chi connectivity index (χ4n) is 0.996. The van der Waals surface area contributed by atoms with Crippen molar-refractivity contribution in [2.75, 3.05) is 0 Å². The Morgan fingerprint density at radius 2 is 1.19 bits per heavy atom. The fourth-order valence-corrected chi connectivity index (χ4v) is 1.54. The van der Waals surface area contributed by atoms with E-state index in [1.165, 1.54) is 0 Å². The third-order valence-electron chi connectivity index (χ3n) is 1.93. The highest BCUT2D eigenvalue weighted by molar-refractivity contribution is 6.35. The summed E-state index contributed by atoms with van der Waals surface area (Å²) in [5.74, 6) is 0. The molecule has 0 unspecified atom stereocenters. The molecule has 0 aliphatic heterocycles. The minimum atomic E-state index is 0.725. The highest BCUT2D eigenvalue weighted by Crippen LogP contribution is 2.22. The summed E-state index contributed by atoms with van der Waals surface area (Å²) >= 11 is 17.0. The molecule has 0 fully saturated rings. The second-order valence-corrected chi connectivity index (χ2v) is 4.39. The molecule has 0 saturated heterocycles. The third kappa shape index (κ3) is 4.44. The molecule has 0 amide bonds. The van der Waals surface area contributed by atoms with Crippen LogP contribution in [-0.2, 0) is 0 Å². The van der Waals surface area contributed by atoms with Crippen molar-refractivity contribution in [3.05, 3.63) is 69.2 Å². The summed E-state index contributed by atoms with van der Waals surface area (Å²) in [4.78, 5) is 0. The molecular weight excluding hydrogens is 263 g/mol. The van der Waals surface area contributed by atoms with Gasteiger partial charge in [0.05, 0.1) is 0 Å². The molecule has 0 aliphatic rings. The zero-order chi connectivity index (χ0) is 12.0. The van der Waals surface area contributed by atoms with Crippen molar-refractivity contribution in [1.29, 1.82) is 0 Å². The molecule has 0 radical (unpaired) electrons. The highest BCUT2D eigenvalue weighted by Gasteiger charge is 1.96. The molecule has 3 heteroatoms. The lowest BCUT2D eigenvalue weighted by Gasteiger charge is -1.96. The summed E-state index contributed by atoms with van der Waals surface area (Å²) < 4.78 is 0. The number of hydrogen-bond donors (Lipinski definition) is 0. The van der Waals surface area contributed by atoms with Crippen molar-refractivity contribution in [2.24, 2.45) is 0 Å². The predicted molar refractivity (Wildman–Crippen MR) is 72.7 cm³/mol. The van der Waals surface area contributed by atoms with Crippen LogP contribution >= 0.6 is 34.8 Å². The van der Waals surface area contributed by atoms with Gasteiger partial charge in [-0.05, 0) is 36.8 Å². The smallest absolute Gasteiger partial charge is 0.0450 e. The summed E-state index contributed by atoms with van der Waals surface area (Å²) in [6, 6.07) is 14.9. The normalized spacial score (nSPS) is 9.25. The van der Waals surface area contributed by atoms with E-state index in [4.69, 9.17) is 34.8 Å². The van der Waals surface area contributed by atoms with E-state index in [-0.39, 0.29) is 0 Å².